The molecule has 1 fully saturated rings. The highest BCUT2D eigenvalue weighted by Gasteiger charge is 2.17. The maximum Gasteiger partial charge on any atom is 0.259 e. The smallest absolute Gasteiger partial charge is 0.259 e. The van der Waals surface area contributed by atoms with Crippen LogP contribution in [0, 0.1) is 5.82 Å². The SMILES string of the molecule is O=C(Nc1nc(N2CCCCC2)n[nH]1)c1ccc(F)cc1Br. The lowest BCUT2D eigenvalue weighted by molar-refractivity contribution is 0.102. The summed E-state index contributed by atoms with van der Waals surface area (Å²) in [5.41, 5.74) is 0.331. The number of carbonyl (C=O) groups excluding carboxylic acids is 1. The lowest BCUT2D eigenvalue weighted by atomic mass is 10.1. The van der Waals surface area contributed by atoms with E-state index in [-0.39, 0.29) is 11.9 Å². The molecule has 1 aliphatic heterocycles. The van der Waals surface area contributed by atoms with E-state index in [4.69, 9.17) is 0 Å². The summed E-state index contributed by atoms with van der Waals surface area (Å²) in [7, 11) is 0. The van der Waals surface area contributed by atoms with Crippen molar-refractivity contribution in [3.63, 3.8) is 0 Å². The van der Waals surface area contributed by atoms with Gasteiger partial charge in [-0.15, -0.1) is 5.10 Å². The van der Waals surface area contributed by atoms with Crippen molar-refractivity contribution in [1.82, 2.24) is 15.2 Å². The van der Waals surface area contributed by atoms with Crippen molar-refractivity contribution in [1.29, 1.82) is 0 Å². The predicted octanol–water partition coefficient (Wildman–Crippen LogP) is 2.95. The second-order valence-corrected chi connectivity index (χ2v) is 5.96. The fourth-order valence-corrected chi connectivity index (χ4v) is 2.92. The number of amides is 1. The summed E-state index contributed by atoms with van der Waals surface area (Å²) in [6, 6.07) is 3.89. The lowest BCUT2D eigenvalue weighted by Crippen LogP contribution is -2.30. The largest absolute Gasteiger partial charge is 0.340 e. The van der Waals surface area contributed by atoms with Crippen molar-refractivity contribution in [3.8, 4) is 0 Å². The number of aromatic amines is 1. The zero-order chi connectivity index (χ0) is 15.5. The van der Waals surface area contributed by atoms with E-state index in [0.29, 0.717) is 16.0 Å². The zero-order valence-corrected chi connectivity index (χ0v) is 13.4. The first-order valence-corrected chi connectivity index (χ1v) is 7.86. The van der Waals surface area contributed by atoms with Crippen LogP contribution in [0.4, 0.5) is 16.3 Å². The van der Waals surface area contributed by atoms with Crippen LogP contribution in [-0.4, -0.2) is 34.2 Å². The van der Waals surface area contributed by atoms with Gasteiger partial charge in [0, 0.05) is 17.6 Å². The van der Waals surface area contributed by atoms with Crippen LogP contribution in [-0.2, 0) is 0 Å². The third-order valence-electron chi connectivity index (χ3n) is 3.52. The standard InChI is InChI=1S/C14H15BrFN5O/c15-11-8-9(16)4-5-10(11)12(22)17-13-18-14(20-19-13)21-6-2-1-3-7-21/h4-5,8H,1-3,6-7H2,(H2,17,18,19,20,22). The van der Waals surface area contributed by atoms with Gasteiger partial charge in [-0.2, -0.15) is 4.98 Å². The third-order valence-corrected chi connectivity index (χ3v) is 4.18. The van der Waals surface area contributed by atoms with Gasteiger partial charge in [-0.3, -0.25) is 10.1 Å². The molecule has 2 N–H and O–H groups in total. The summed E-state index contributed by atoms with van der Waals surface area (Å²) < 4.78 is 13.4. The van der Waals surface area contributed by atoms with E-state index in [1.807, 2.05) is 0 Å². The Morgan fingerprint density at radius 2 is 2.09 bits per heavy atom. The van der Waals surface area contributed by atoms with Gasteiger partial charge in [0.1, 0.15) is 5.82 Å². The van der Waals surface area contributed by atoms with E-state index in [1.165, 1.54) is 24.6 Å². The Balaban J connectivity index is 1.70. The Kier molecular flexibility index (Phi) is 4.37. The molecule has 3 rings (SSSR count). The van der Waals surface area contributed by atoms with Gasteiger partial charge >= 0.3 is 0 Å². The minimum atomic E-state index is -0.407. The number of aromatic nitrogens is 3. The number of hydrogen-bond donors (Lipinski definition) is 2. The Morgan fingerprint density at radius 3 is 2.82 bits per heavy atom. The molecular weight excluding hydrogens is 353 g/mol. The van der Waals surface area contributed by atoms with Crippen molar-refractivity contribution < 1.29 is 9.18 Å². The maximum atomic E-state index is 13.1. The van der Waals surface area contributed by atoms with E-state index in [2.05, 4.69) is 41.3 Å². The van der Waals surface area contributed by atoms with Crippen LogP contribution in [0.5, 0.6) is 0 Å². The minimum absolute atomic E-state index is 0.279. The Morgan fingerprint density at radius 1 is 1.32 bits per heavy atom. The minimum Gasteiger partial charge on any atom is -0.340 e. The van der Waals surface area contributed by atoms with Crippen molar-refractivity contribution in [3.05, 3.63) is 34.1 Å². The topological polar surface area (TPSA) is 73.9 Å². The molecule has 0 bridgehead atoms. The number of hydrogen-bond acceptors (Lipinski definition) is 4. The number of carbonyl (C=O) groups is 1. The molecule has 0 radical (unpaired) electrons. The first kappa shape index (κ1) is 15.0. The van der Waals surface area contributed by atoms with Gasteiger partial charge in [-0.25, -0.2) is 9.49 Å². The highest BCUT2D eigenvalue weighted by atomic mass is 79.9. The molecular formula is C14H15BrFN5O. The number of nitrogens with zero attached hydrogens (tertiary/aromatic N) is 3. The Hall–Kier alpha value is -1.96. The zero-order valence-electron chi connectivity index (χ0n) is 11.8. The van der Waals surface area contributed by atoms with Crippen LogP contribution < -0.4 is 10.2 Å². The second kappa shape index (κ2) is 6.43. The van der Waals surface area contributed by atoms with E-state index in [1.54, 1.807) is 0 Å². The second-order valence-electron chi connectivity index (χ2n) is 5.11. The molecule has 6 nitrogen and oxygen atoms in total. The number of anilines is 2. The molecule has 8 heteroatoms. The maximum absolute atomic E-state index is 13.1. The molecule has 2 aromatic rings. The van der Waals surface area contributed by atoms with Gasteiger partial charge in [0.05, 0.1) is 5.56 Å². The van der Waals surface area contributed by atoms with Crippen molar-refractivity contribution >= 4 is 33.7 Å². The predicted molar refractivity (Wildman–Crippen MR) is 84.5 cm³/mol. The lowest BCUT2D eigenvalue weighted by Gasteiger charge is -2.24. The van der Waals surface area contributed by atoms with Crippen LogP contribution in [0.3, 0.4) is 0 Å². The number of H-pyrrole nitrogens is 1. The molecule has 1 aliphatic rings. The number of halogens is 2. The van der Waals surface area contributed by atoms with Gasteiger partial charge < -0.3 is 4.90 Å². The summed E-state index contributed by atoms with van der Waals surface area (Å²) in [6.07, 6.45) is 3.47. The van der Waals surface area contributed by atoms with Crippen LogP contribution in [0.25, 0.3) is 0 Å². The highest BCUT2D eigenvalue weighted by molar-refractivity contribution is 9.10. The van der Waals surface area contributed by atoms with Crippen LogP contribution in [0.2, 0.25) is 0 Å². The number of piperidine rings is 1. The van der Waals surface area contributed by atoms with E-state index in [9.17, 15) is 9.18 Å². The third kappa shape index (κ3) is 3.27. The van der Waals surface area contributed by atoms with Crippen molar-refractivity contribution in [2.75, 3.05) is 23.3 Å². The average molecular weight is 368 g/mol. The Bertz CT molecular complexity index is 684. The van der Waals surface area contributed by atoms with Crippen LogP contribution in [0.15, 0.2) is 22.7 Å². The van der Waals surface area contributed by atoms with E-state index >= 15 is 0 Å². The van der Waals surface area contributed by atoms with Crippen LogP contribution >= 0.6 is 15.9 Å². The summed E-state index contributed by atoms with van der Waals surface area (Å²) in [4.78, 5) is 18.5. The number of rotatable bonds is 3. The van der Waals surface area contributed by atoms with Gasteiger partial charge in [-0.05, 0) is 53.4 Å². The molecule has 116 valence electrons. The molecule has 2 heterocycles. The average Bonchev–Trinajstić information content (AvgIpc) is 2.96. The summed E-state index contributed by atoms with van der Waals surface area (Å²) >= 11 is 3.17. The van der Waals surface area contributed by atoms with Crippen molar-refractivity contribution in [2.24, 2.45) is 0 Å². The molecule has 0 unspecified atom stereocenters. The van der Waals surface area contributed by atoms with Crippen LogP contribution in [0.1, 0.15) is 29.6 Å². The molecule has 0 saturated carbocycles. The first-order chi connectivity index (χ1) is 10.6. The van der Waals surface area contributed by atoms with Gasteiger partial charge in [-0.1, -0.05) is 0 Å². The summed E-state index contributed by atoms with van der Waals surface area (Å²) in [6.45, 7) is 1.85. The highest BCUT2D eigenvalue weighted by Crippen LogP contribution is 2.20. The van der Waals surface area contributed by atoms with E-state index < -0.39 is 5.82 Å². The monoisotopic (exact) mass is 367 g/mol. The molecule has 0 spiro atoms. The van der Waals surface area contributed by atoms with Gasteiger partial charge in [0.2, 0.25) is 11.9 Å². The molecule has 1 aromatic heterocycles. The van der Waals surface area contributed by atoms with Crippen molar-refractivity contribution in [2.45, 2.75) is 19.3 Å². The molecule has 0 aliphatic carbocycles. The quantitative estimate of drug-likeness (QED) is 0.874. The molecule has 22 heavy (non-hydrogen) atoms. The number of benzene rings is 1. The summed E-state index contributed by atoms with van der Waals surface area (Å²) in [5.74, 6) is 0.0821. The van der Waals surface area contributed by atoms with Gasteiger partial charge in [0.15, 0.2) is 0 Å². The van der Waals surface area contributed by atoms with Gasteiger partial charge in [0.25, 0.3) is 5.91 Å². The normalized spacial score (nSPS) is 14.9. The fourth-order valence-electron chi connectivity index (χ4n) is 2.39. The summed E-state index contributed by atoms with van der Waals surface area (Å²) in [5, 5.41) is 9.47. The number of nitrogens with one attached hydrogen (secondary N) is 2. The molecule has 1 aromatic carbocycles. The van der Waals surface area contributed by atoms with E-state index in [0.717, 1.165) is 25.9 Å². The molecule has 1 saturated heterocycles. The molecule has 1 amide bonds. The first-order valence-electron chi connectivity index (χ1n) is 7.07. The Labute approximate surface area is 135 Å². The molecule has 0 atom stereocenters. The fraction of sp³-hybridized carbons (Fsp3) is 0.357.